The van der Waals surface area contributed by atoms with E-state index in [9.17, 15) is 14.7 Å². The molecule has 0 aromatic carbocycles. The minimum atomic E-state index is -1.43. The lowest BCUT2D eigenvalue weighted by Gasteiger charge is -2.34. The molecular formula is C9H16N2O4. The van der Waals surface area contributed by atoms with Gasteiger partial charge in [-0.3, -0.25) is 9.69 Å². The summed E-state index contributed by atoms with van der Waals surface area (Å²) >= 11 is 0. The summed E-state index contributed by atoms with van der Waals surface area (Å²) in [6.45, 7) is 4.74. The van der Waals surface area contributed by atoms with E-state index >= 15 is 0 Å². The quantitative estimate of drug-likeness (QED) is 0.683. The van der Waals surface area contributed by atoms with Crippen molar-refractivity contribution in [1.82, 2.24) is 4.90 Å². The second-order valence-electron chi connectivity index (χ2n) is 4.27. The zero-order chi connectivity index (χ0) is 11.9. The van der Waals surface area contributed by atoms with E-state index in [1.165, 1.54) is 6.92 Å². The molecule has 2 amide bonds. The van der Waals surface area contributed by atoms with Gasteiger partial charge in [-0.15, -0.1) is 0 Å². The van der Waals surface area contributed by atoms with Crippen LogP contribution in [0.2, 0.25) is 0 Å². The molecule has 1 rings (SSSR count). The van der Waals surface area contributed by atoms with Crippen LogP contribution in [0.25, 0.3) is 0 Å². The topological polar surface area (TPSA) is 92.9 Å². The lowest BCUT2D eigenvalue weighted by Crippen LogP contribution is -2.54. The van der Waals surface area contributed by atoms with Gasteiger partial charge in [0.1, 0.15) is 0 Å². The van der Waals surface area contributed by atoms with Crippen molar-refractivity contribution in [3.63, 3.8) is 0 Å². The van der Waals surface area contributed by atoms with Crippen molar-refractivity contribution in [2.75, 3.05) is 6.54 Å². The van der Waals surface area contributed by atoms with Crippen LogP contribution in [0, 0.1) is 0 Å². The van der Waals surface area contributed by atoms with Crippen molar-refractivity contribution in [2.24, 2.45) is 5.73 Å². The van der Waals surface area contributed by atoms with Crippen molar-refractivity contribution in [1.29, 1.82) is 0 Å². The molecule has 0 spiro atoms. The van der Waals surface area contributed by atoms with Gasteiger partial charge in [0.2, 0.25) is 5.91 Å². The highest BCUT2D eigenvalue weighted by atomic mass is 16.6. The highest BCUT2D eigenvalue weighted by molar-refractivity contribution is 5.76. The third kappa shape index (κ3) is 1.90. The monoisotopic (exact) mass is 216 g/mol. The molecule has 1 aliphatic heterocycles. The van der Waals surface area contributed by atoms with Gasteiger partial charge in [-0.1, -0.05) is 0 Å². The van der Waals surface area contributed by atoms with Crippen molar-refractivity contribution < 1.29 is 19.4 Å². The predicted octanol–water partition coefficient (Wildman–Crippen LogP) is -0.199. The molecule has 0 aliphatic carbocycles. The second kappa shape index (κ2) is 3.37. The van der Waals surface area contributed by atoms with Gasteiger partial charge in [0.05, 0.1) is 0 Å². The third-order valence-electron chi connectivity index (χ3n) is 2.81. The average Bonchev–Trinajstić information content (AvgIpc) is 2.15. The number of amides is 2. The van der Waals surface area contributed by atoms with Crippen LogP contribution >= 0.6 is 0 Å². The number of cyclic esters (lactones) is 1. The fourth-order valence-corrected chi connectivity index (χ4v) is 1.40. The van der Waals surface area contributed by atoms with Gasteiger partial charge in [-0.05, 0) is 20.8 Å². The number of aliphatic hydroxyl groups is 1. The number of carbonyl (C=O) groups excluding carboxylic acids is 2. The molecule has 0 unspecified atom stereocenters. The van der Waals surface area contributed by atoms with Crippen LogP contribution in [0.3, 0.4) is 0 Å². The summed E-state index contributed by atoms with van der Waals surface area (Å²) in [5.74, 6) is -0.525. The lowest BCUT2D eigenvalue weighted by molar-refractivity contribution is -0.131. The first-order valence-corrected chi connectivity index (χ1v) is 4.70. The molecule has 1 saturated heterocycles. The Hall–Kier alpha value is -1.30. The SMILES string of the molecule is CC1(C)OC(=O)N(CCC(N)=O)[C@]1(C)O. The van der Waals surface area contributed by atoms with Crippen molar-refractivity contribution in [3.05, 3.63) is 0 Å². The first kappa shape index (κ1) is 11.8. The summed E-state index contributed by atoms with van der Waals surface area (Å²) in [5, 5.41) is 10.1. The van der Waals surface area contributed by atoms with Gasteiger partial charge >= 0.3 is 6.09 Å². The third-order valence-corrected chi connectivity index (χ3v) is 2.81. The summed E-state index contributed by atoms with van der Waals surface area (Å²) in [5.41, 5.74) is 2.54. The number of nitrogens with two attached hydrogens (primary N) is 1. The zero-order valence-corrected chi connectivity index (χ0v) is 9.11. The maximum atomic E-state index is 11.4. The van der Waals surface area contributed by atoms with E-state index in [1.54, 1.807) is 13.8 Å². The second-order valence-corrected chi connectivity index (χ2v) is 4.27. The number of carbonyl (C=O) groups is 2. The Labute approximate surface area is 88.0 Å². The molecule has 3 N–H and O–H groups in total. The van der Waals surface area contributed by atoms with E-state index in [0.29, 0.717) is 0 Å². The van der Waals surface area contributed by atoms with Crippen LogP contribution in [0.5, 0.6) is 0 Å². The van der Waals surface area contributed by atoms with E-state index in [0.717, 1.165) is 4.90 Å². The number of rotatable bonds is 3. The molecule has 1 atom stereocenters. The standard InChI is InChI=1S/C9H16N2O4/c1-8(2)9(3,14)11(7(13)15-8)5-4-6(10)12/h14H,4-5H2,1-3H3,(H2,10,12)/t9-/m1/s1. The van der Waals surface area contributed by atoms with Crippen LogP contribution < -0.4 is 5.73 Å². The van der Waals surface area contributed by atoms with Gasteiger partial charge in [0.25, 0.3) is 0 Å². The van der Waals surface area contributed by atoms with E-state index < -0.39 is 23.3 Å². The van der Waals surface area contributed by atoms with E-state index in [2.05, 4.69) is 0 Å². The molecule has 0 radical (unpaired) electrons. The van der Waals surface area contributed by atoms with Crippen molar-refractivity contribution >= 4 is 12.0 Å². The minimum Gasteiger partial charge on any atom is -0.438 e. The van der Waals surface area contributed by atoms with Gasteiger partial charge in [-0.25, -0.2) is 4.79 Å². The molecule has 0 aromatic rings. The summed E-state index contributed by atoms with van der Waals surface area (Å²) in [7, 11) is 0. The molecule has 15 heavy (non-hydrogen) atoms. The Balaban J connectivity index is 2.80. The average molecular weight is 216 g/mol. The van der Waals surface area contributed by atoms with Crippen LogP contribution in [0.4, 0.5) is 4.79 Å². The predicted molar refractivity (Wildman–Crippen MR) is 51.7 cm³/mol. The molecule has 0 bridgehead atoms. The first-order chi connectivity index (χ1) is 6.68. The molecule has 1 aliphatic rings. The van der Waals surface area contributed by atoms with Gasteiger partial charge in [0.15, 0.2) is 11.3 Å². The van der Waals surface area contributed by atoms with Crippen LogP contribution in [-0.2, 0) is 9.53 Å². The Morgan fingerprint density at radius 2 is 2.07 bits per heavy atom. The van der Waals surface area contributed by atoms with Crippen molar-refractivity contribution in [2.45, 2.75) is 38.5 Å². The Kier molecular flexibility index (Phi) is 2.65. The zero-order valence-electron chi connectivity index (χ0n) is 9.11. The number of hydrogen-bond acceptors (Lipinski definition) is 4. The summed E-state index contributed by atoms with van der Waals surface area (Å²) < 4.78 is 4.99. The Morgan fingerprint density at radius 3 is 2.40 bits per heavy atom. The maximum absolute atomic E-state index is 11.4. The van der Waals surface area contributed by atoms with Gasteiger partial charge < -0.3 is 15.6 Å². The number of nitrogens with zero attached hydrogens (tertiary/aromatic N) is 1. The highest BCUT2D eigenvalue weighted by Gasteiger charge is 2.56. The largest absolute Gasteiger partial charge is 0.438 e. The van der Waals surface area contributed by atoms with Gasteiger partial charge in [-0.2, -0.15) is 0 Å². The molecule has 6 heteroatoms. The number of hydrogen-bond donors (Lipinski definition) is 2. The molecule has 1 heterocycles. The number of ether oxygens (including phenoxy) is 1. The van der Waals surface area contributed by atoms with Crippen LogP contribution in [-0.4, -0.2) is 39.9 Å². The molecular weight excluding hydrogens is 200 g/mol. The van der Waals surface area contributed by atoms with E-state index in [4.69, 9.17) is 10.5 Å². The molecule has 0 aromatic heterocycles. The summed E-state index contributed by atoms with van der Waals surface area (Å²) in [4.78, 5) is 23.1. The normalized spacial score (nSPS) is 29.1. The molecule has 0 saturated carbocycles. The summed E-state index contributed by atoms with van der Waals surface area (Å²) in [6.07, 6.45) is -0.632. The lowest BCUT2D eigenvalue weighted by atomic mass is 9.96. The minimum absolute atomic E-state index is 0.00132. The van der Waals surface area contributed by atoms with Crippen LogP contribution in [0.1, 0.15) is 27.2 Å². The van der Waals surface area contributed by atoms with E-state index in [-0.39, 0.29) is 13.0 Å². The smallest absolute Gasteiger partial charge is 0.412 e. The first-order valence-electron chi connectivity index (χ1n) is 4.70. The van der Waals surface area contributed by atoms with Gasteiger partial charge in [0, 0.05) is 13.0 Å². The molecule has 86 valence electrons. The summed E-state index contributed by atoms with van der Waals surface area (Å²) in [6, 6.07) is 0. The maximum Gasteiger partial charge on any atom is 0.412 e. The van der Waals surface area contributed by atoms with E-state index in [1.807, 2.05) is 0 Å². The Bertz CT molecular complexity index is 298. The fourth-order valence-electron chi connectivity index (χ4n) is 1.40. The van der Waals surface area contributed by atoms with Crippen LogP contribution in [0.15, 0.2) is 0 Å². The highest BCUT2D eigenvalue weighted by Crippen LogP contribution is 2.36. The molecule has 6 nitrogen and oxygen atoms in total. The van der Waals surface area contributed by atoms with Crippen molar-refractivity contribution in [3.8, 4) is 0 Å². The molecule has 1 fully saturated rings. The fraction of sp³-hybridized carbons (Fsp3) is 0.778. The Morgan fingerprint density at radius 1 is 1.53 bits per heavy atom. The number of primary amides is 1.